The van der Waals surface area contributed by atoms with Crippen molar-refractivity contribution >= 4 is 5.91 Å². The predicted octanol–water partition coefficient (Wildman–Crippen LogP) is 3.12. The molecule has 0 fully saturated rings. The summed E-state index contributed by atoms with van der Waals surface area (Å²) < 4.78 is 0. The van der Waals surface area contributed by atoms with E-state index in [0.29, 0.717) is 5.56 Å². The highest BCUT2D eigenvalue weighted by Gasteiger charge is 2.18. The zero-order chi connectivity index (χ0) is 15.2. The fourth-order valence-electron chi connectivity index (χ4n) is 2.48. The van der Waals surface area contributed by atoms with Gasteiger partial charge >= 0.3 is 0 Å². The van der Waals surface area contributed by atoms with E-state index in [9.17, 15) is 4.79 Å². The molecule has 1 amide bonds. The van der Waals surface area contributed by atoms with Crippen LogP contribution in [-0.4, -0.2) is 34.6 Å². The summed E-state index contributed by atoms with van der Waals surface area (Å²) in [5.41, 5.74) is 3.68. The van der Waals surface area contributed by atoms with Gasteiger partial charge < -0.3 is 4.90 Å². The SMILES string of the molecule is Cc1n[nH]c(C)c1C(=O)N(C)CCCCc1ccccc1. The smallest absolute Gasteiger partial charge is 0.257 e. The van der Waals surface area contributed by atoms with Crippen LogP contribution in [0.5, 0.6) is 0 Å². The average molecular weight is 285 g/mol. The largest absolute Gasteiger partial charge is 0.342 e. The van der Waals surface area contributed by atoms with Crippen LogP contribution in [0.15, 0.2) is 30.3 Å². The maximum Gasteiger partial charge on any atom is 0.257 e. The molecule has 1 aromatic heterocycles. The number of benzene rings is 1. The van der Waals surface area contributed by atoms with Crippen molar-refractivity contribution in [2.75, 3.05) is 13.6 Å². The summed E-state index contributed by atoms with van der Waals surface area (Å²) in [5.74, 6) is 0.0541. The number of nitrogens with one attached hydrogen (secondary N) is 1. The minimum absolute atomic E-state index is 0.0541. The van der Waals surface area contributed by atoms with E-state index in [0.717, 1.165) is 37.2 Å². The second kappa shape index (κ2) is 7.07. The van der Waals surface area contributed by atoms with Gasteiger partial charge in [-0.1, -0.05) is 30.3 Å². The maximum absolute atomic E-state index is 12.4. The average Bonchev–Trinajstić information content (AvgIpc) is 2.83. The molecule has 0 aliphatic heterocycles. The summed E-state index contributed by atoms with van der Waals surface area (Å²) >= 11 is 0. The molecule has 0 unspecified atom stereocenters. The molecular formula is C17H23N3O. The molecule has 1 aromatic carbocycles. The first kappa shape index (κ1) is 15.3. The number of aromatic amines is 1. The van der Waals surface area contributed by atoms with E-state index >= 15 is 0 Å². The Labute approximate surface area is 126 Å². The highest BCUT2D eigenvalue weighted by molar-refractivity contribution is 5.96. The highest BCUT2D eigenvalue weighted by Crippen LogP contribution is 2.12. The Balaban J connectivity index is 1.79. The standard InChI is InChI=1S/C17H23N3O/c1-13-16(14(2)19-18-13)17(21)20(3)12-8-7-11-15-9-5-4-6-10-15/h4-6,9-10H,7-8,11-12H2,1-3H3,(H,18,19). The van der Waals surface area contributed by atoms with Crippen LogP contribution in [0.4, 0.5) is 0 Å². The first-order valence-electron chi connectivity index (χ1n) is 7.40. The lowest BCUT2D eigenvalue weighted by Crippen LogP contribution is -2.28. The van der Waals surface area contributed by atoms with Crippen LogP contribution in [0.1, 0.15) is 40.2 Å². The molecule has 0 aliphatic carbocycles. The first-order chi connectivity index (χ1) is 10.1. The van der Waals surface area contributed by atoms with E-state index in [4.69, 9.17) is 0 Å². The highest BCUT2D eigenvalue weighted by atomic mass is 16.2. The number of rotatable bonds is 6. The number of H-pyrrole nitrogens is 1. The summed E-state index contributed by atoms with van der Waals surface area (Å²) in [7, 11) is 1.86. The summed E-state index contributed by atoms with van der Waals surface area (Å²) in [6.07, 6.45) is 3.16. The second-order valence-corrected chi connectivity index (χ2v) is 5.48. The molecule has 1 heterocycles. The molecule has 2 aromatic rings. The van der Waals surface area contributed by atoms with Gasteiger partial charge in [0.1, 0.15) is 0 Å². The van der Waals surface area contributed by atoms with Gasteiger partial charge in [0, 0.05) is 19.3 Å². The van der Waals surface area contributed by atoms with E-state index in [1.807, 2.05) is 27.0 Å². The lowest BCUT2D eigenvalue weighted by molar-refractivity contribution is 0.0791. The van der Waals surface area contributed by atoms with Gasteiger partial charge in [0.05, 0.1) is 11.3 Å². The third-order valence-electron chi connectivity index (χ3n) is 3.74. The van der Waals surface area contributed by atoms with Crippen molar-refractivity contribution < 1.29 is 4.79 Å². The van der Waals surface area contributed by atoms with Crippen molar-refractivity contribution in [2.24, 2.45) is 0 Å². The van der Waals surface area contributed by atoms with E-state index in [1.54, 1.807) is 4.90 Å². The van der Waals surface area contributed by atoms with Crippen LogP contribution in [0.2, 0.25) is 0 Å². The number of hydrogen-bond donors (Lipinski definition) is 1. The van der Waals surface area contributed by atoms with Gasteiger partial charge in [-0.2, -0.15) is 5.10 Å². The van der Waals surface area contributed by atoms with Crippen molar-refractivity contribution in [2.45, 2.75) is 33.1 Å². The molecule has 0 atom stereocenters. The Hall–Kier alpha value is -2.10. The Morgan fingerprint density at radius 2 is 1.90 bits per heavy atom. The van der Waals surface area contributed by atoms with Crippen molar-refractivity contribution in [3.63, 3.8) is 0 Å². The Kier molecular flexibility index (Phi) is 5.14. The van der Waals surface area contributed by atoms with Crippen molar-refractivity contribution in [1.82, 2.24) is 15.1 Å². The summed E-state index contributed by atoms with van der Waals surface area (Å²) in [6.45, 7) is 4.52. The summed E-state index contributed by atoms with van der Waals surface area (Å²) in [6, 6.07) is 10.5. The third-order valence-corrected chi connectivity index (χ3v) is 3.74. The lowest BCUT2D eigenvalue weighted by Gasteiger charge is -2.17. The van der Waals surface area contributed by atoms with Gasteiger partial charge in [-0.25, -0.2) is 0 Å². The minimum atomic E-state index is 0.0541. The fourth-order valence-corrected chi connectivity index (χ4v) is 2.48. The molecule has 4 nitrogen and oxygen atoms in total. The van der Waals surface area contributed by atoms with Gasteiger partial charge in [-0.15, -0.1) is 0 Å². The Bertz CT molecular complexity index is 570. The molecule has 0 saturated carbocycles. The summed E-state index contributed by atoms with van der Waals surface area (Å²) in [4.78, 5) is 14.2. The normalized spacial score (nSPS) is 10.6. The van der Waals surface area contributed by atoms with Crippen molar-refractivity contribution in [1.29, 1.82) is 0 Å². The second-order valence-electron chi connectivity index (χ2n) is 5.48. The predicted molar refractivity (Wildman–Crippen MR) is 84.4 cm³/mol. The van der Waals surface area contributed by atoms with Gasteiger partial charge in [-0.05, 0) is 38.7 Å². The quantitative estimate of drug-likeness (QED) is 0.829. The van der Waals surface area contributed by atoms with Crippen LogP contribution < -0.4 is 0 Å². The van der Waals surface area contributed by atoms with Gasteiger partial charge in [0.2, 0.25) is 0 Å². The molecule has 0 saturated heterocycles. The molecule has 0 bridgehead atoms. The number of hydrogen-bond acceptors (Lipinski definition) is 2. The van der Waals surface area contributed by atoms with Gasteiger partial charge in [0.15, 0.2) is 0 Å². The minimum Gasteiger partial charge on any atom is -0.342 e. The molecule has 4 heteroatoms. The molecular weight excluding hydrogens is 262 g/mol. The number of aryl methyl sites for hydroxylation is 3. The fraction of sp³-hybridized carbons (Fsp3) is 0.412. The number of carbonyl (C=O) groups excluding carboxylic acids is 1. The zero-order valence-corrected chi connectivity index (χ0v) is 13.0. The van der Waals surface area contributed by atoms with E-state index in [1.165, 1.54) is 5.56 Å². The molecule has 21 heavy (non-hydrogen) atoms. The third kappa shape index (κ3) is 3.94. The number of nitrogens with zero attached hydrogens (tertiary/aromatic N) is 2. The number of aromatic nitrogens is 2. The number of unbranched alkanes of at least 4 members (excludes halogenated alkanes) is 1. The van der Waals surface area contributed by atoms with Crippen molar-refractivity contribution in [3.8, 4) is 0 Å². The first-order valence-corrected chi connectivity index (χ1v) is 7.40. The Morgan fingerprint density at radius 1 is 1.19 bits per heavy atom. The van der Waals surface area contributed by atoms with Crippen LogP contribution in [0.25, 0.3) is 0 Å². The monoisotopic (exact) mass is 285 g/mol. The van der Waals surface area contributed by atoms with E-state index in [-0.39, 0.29) is 5.91 Å². The van der Waals surface area contributed by atoms with Crippen LogP contribution >= 0.6 is 0 Å². The van der Waals surface area contributed by atoms with Crippen LogP contribution in [0, 0.1) is 13.8 Å². The van der Waals surface area contributed by atoms with E-state index < -0.39 is 0 Å². The zero-order valence-electron chi connectivity index (χ0n) is 13.0. The van der Waals surface area contributed by atoms with Crippen LogP contribution in [0.3, 0.4) is 0 Å². The number of amides is 1. The lowest BCUT2D eigenvalue weighted by atomic mass is 10.1. The van der Waals surface area contributed by atoms with Crippen LogP contribution in [-0.2, 0) is 6.42 Å². The van der Waals surface area contributed by atoms with Gasteiger partial charge in [0.25, 0.3) is 5.91 Å². The van der Waals surface area contributed by atoms with E-state index in [2.05, 4.69) is 34.5 Å². The number of carbonyl (C=O) groups is 1. The molecule has 1 N–H and O–H groups in total. The molecule has 0 aliphatic rings. The van der Waals surface area contributed by atoms with Gasteiger partial charge in [-0.3, -0.25) is 9.89 Å². The molecule has 2 rings (SSSR count). The molecule has 0 spiro atoms. The summed E-state index contributed by atoms with van der Waals surface area (Å²) in [5, 5.41) is 6.95. The Morgan fingerprint density at radius 3 is 2.52 bits per heavy atom. The maximum atomic E-state index is 12.4. The molecule has 0 radical (unpaired) electrons. The van der Waals surface area contributed by atoms with Crippen molar-refractivity contribution in [3.05, 3.63) is 52.8 Å². The topological polar surface area (TPSA) is 49.0 Å². The molecule has 112 valence electrons.